The maximum absolute atomic E-state index is 5.92. The molecule has 1 aliphatic heterocycles. The largest absolute Gasteiger partial charge is 0.356 e. The number of ether oxygens (including phenoxy) is 1. The van der Waals surface area contributed by atoms with Crippen LogP contribution in [0.3, 0.4) is 0 Å². The van der Waals surface area contributed by atoms with Gasteiger partial charge in [-0.3, -0.25) is 0 Å². The molecule has 0 radical (unpaired) electrons. The van der Waals surface area contributed by atoms with E-state index in [9.17, 15) is 0 Å². The van der Waals surface area contributed by atoms with Crippen LogP contribution >= 0.6 is 15.9 Å². The van der Waals surface area contributed by atoms with Crippen molar-refractivity contribution in [2.75, 3.05) is 6.61 Å². The van der Waals surface area contributed by atoms with Crippen LogP contribution in [0.25, 0.3) is 10.9 Å². The van der Waals surface area contributed by atoms with Crippen LogP contribution in [0, 0.1) is 0 Å². The molecule has 2 atom stereocenters. The highest BCUT2D eigenvalue weighted by molar-refractivity contribution is 9.10. The number of rotatable bonds is 1. The maximum Gasteiger partial charge on any atom is 0.150 e. The average Bonchev–Trinajstić information content (AvgIpc) is 2.92. The second-order valence-corrected chi connectivity index (χ2v) is 7.19. The van der Waals surface area contributed by atoms with E-state index in [1.54, 1.807) is 0 Å². The van der Waals surface area contributed by atoms with E-state index < -0.39 is 0 Å². The minimum Gasteiger partial charge on any atom is -0.356 e. The summed E-state index contributed by atoms with van der Waals surface area (Å²) in [6, 6.07) is 2.36. The number of aromatic nitrogens is 2. The Labute approximate surface area is 133 Å². The van der Waals surface area contributed by atoms with Crippen LogP contribution in [0.5, 0.6) is 0 Å². The molecule has 1 aromatic carbocycles. The third-order valence-corrected chi connectivity index (χ3v) is 5.82. The number of hydrogen-bond donors (Lipinski definition) is 0. The molecule has 2 aromatic rings. The Morgan fingerprint density at radius 2 is 2.19 bits per heavy atom. The molecule has 1 saturated heterocycles. The molecule has 4 heteroatoms. The van der Waals surface area contributed by atoms with E-state index in [2.05, 4.69) is 38.7 Å². The van der Waals surface area contributed by atoms with Gasteiger partial charge in [-0.1, -0.05) is 6.92 Å². The Hall–Kier alpha value is -0.870. The first-order valence-corrected chi connectivity index (χ1v) is 8.85. The van der Waals surface area contributed by atoms with Gasteiger partial charge in [0.05, 0.1) is 11.7 Å². The second-order valence-electron chi connectivity index (χ2n) is 6.40. The van der Waals surface area contributed by atoms with Gasteiger partial charge in [0.25, 0.3) is 0 Å². The quantitative estimate of drug-likeness (QED) is 0.729. The lowest BCUT2D eigenvalue weighted by molar-refractivity contribution is -0.0366. The highest BCUT2D eigenvalue weighted by Crippen LogP contribution is 2.41. The van der Waals surface area contributed by atoms with Gasteiger partial charge in [-0.25, -0.2) is 4.68 Å². The third-order valence-electron chi connectivity index (χ3n) is 4.97. The summed E-state index contributed by atoms with van der Waals surface area (Å²) in [4.78, 5) is 0. The van der Waals surface area contributed by atoms with E-state index in [-0.39, 0.29) is 6.23 Å². The summed E-state index contributed by atoms with van der Waals surface area (Å²) in [5.41, 5.74) is 4.21. The normalized spacial score (nSPS) is 26.0. The fourth-order valence-corrected chi connectivity index (χ4v) is 4.79. The van der Waals surface area contributed by atoms with Gasteiger partial charge in [0.1, 0.15) is 0 Å². The molecule has 2 heterocycles. The number of nitrogens with zero attached hydrogens (tertiary/aromatic N) is 2. The zero-order valence-corrected chi connectivity index (χ0v) is 14.0. The highest BCUT2D eigenvalue weighted by atomic mass is 79.9. The maximum atomic E-state index is 5.92. The zero-order valence-electron chi connectivity index (χ0n) is 12.4. The Balaban J connectivity index is 1.86. The van der Waals surface area contributed by atoms with E-state index in [0.29, 0.717) is 5.92 Å². The Kier molecular flexibility index (Phi) is 3.54. The molecule has 2 aliphatic rings. The minimum absolute atomic E-state index is 0.113. The standard InChI is InChI=1S/C17H21BrN2O/c1-11-5-4-6-12-9-14-13(17(18)16(11)12)10-19-20(14)15-7-2-3-8-21-15/h9-11,15H,2-8H2,1H3/t11-,15?/m1/s1. The smallest absolute Gasteiger partial charge is 0.150 e. The number of hydrogen-bond acceptors (Lipinski definition) is 2. The summed E-state index contributed by atoms with van der Waals surface area (Å²) in [5.74, 6) is 0.641. The molecule has 4 rings (SSSR count). The molecule has 1 unspecified atom stereocenters. The lowest BCUT2D eigenvalue weighted by atomic mass is 9.83. The van der Waals surface area contributed by atoms with Crippen molar-refractivity contribution in [3.8, 4) is 0 Å². The van der Waals surface area contributed by atoms with E-state index in [4.69, 9.17) is 4.74 Å². The lowest BCUT2D eigenvalue weighted by Crippen LogP contribution is -2.19. The summed E-state index contributed by atoms with van der Waals surface area (Å²) in [7, 11) is 0. The topological polar surface area (TPSA) is 27.1 Å². The molecule has 0 spiro atoms. The minimum atomic E-state index is 0.113. The van der Waals surface area contributed by atoms with Crippen LogP contribution in [0.2, 0.25) is 0 Å². The van der Waals surface area contributed by atoms with Crippen LogP contribution in [-0.4, -0.2) is 16.4 Å². The number of fused-ring (bicyclic) bond motifs is 2. The van der Waals surface area contributed by atoms with Gasteiger partial charge in [-0.15, -0.1) is 0 Å². The zero-order chi connectivity index (χ0) is 14.4. The van der Waals surface area contributed by atoms with E-state index >= 15 is 0 Å². The van der Waals surface area contributed by atoms with E-state index in [0.717, 1.165) is 13.0 Å². The molecular weight excluding hydrogens is 328 g/mol. The molecule has 0 saturated carbocycles. The van der Waals surface area contributed by atoms with Crippen molar-refractivity contribution in [3.05, 3.63) is 27.9 Å². The monoisotopic (exact) mass is 348 g/mol. The Morgan fingerprint density at radius 1 is 1.29 bits per heavy atom. The first-order valence-electron chi connectivity index (χ1n) is 8.06. The Bertz CT molecular complexity index is 673. The third kappa shape index (κ3) is 2.23. The first kappa shape index (κ1) is 13.8. The molecule has 1 aromatic heterocycles. The summed E-state index contributed by atoms with van der Waals surface area (Å²) in [6.45, 7) is 3.19. The van der Waals surface area contributed by atoms with Crippen LogP contribution in [0.4, 0.5) is 0 Å². The van der Waals surface area contributed by atoms with Crippen molar-refractivity contribution in [1.82, 2.24) is 9.78 Å². The van der Waals surface area contributed by atoms with Gasteiger partial charge < -0.3 is 4.74 Å². The Morgan fingerprint density at radius 3 is 3.00 bits per heavy atom. The van der Waals surface area contributed by atoms with Crippen molar-refractivity contribution in [2.24, 2.45) is 0 Å². The van der Waals surface area contributed by atoms with Gasteiger partial charge in [0.15, 0.2) is 6.23 Å². The van der Waals surface area contributed by atoms with Crippen LogP contribution in [0.15, 0.2) is 16.7 Å². The number of halogens is 1. The first-order chi connectivity index (χ1) is 10.3. The van der Waals surface area contributed by atoms with Crippen LogP contribution in [0.1, 0.15) is 62.3 Å². The van der Waals surface area contributed by atoms with Crippen molar-refractivity contribution in [2.45, 2.75) is 57.6 Å². The predicted octanol–water partition coefficient (Wildman–Crippen LogP) is 4.94. The van der Waals surface area contributed by atoms with Gasteiger partial charge in [0.2, 0.25) is 0 Å². The highest BCUT2D eigenvalue weighted by Gasteiger charge is 2.25. The van der Waals surface area contributed by atoms with Crippen LogP contribution < -0.4 is 0 Å². The molecule has 1 aliphatic carbocycles. The van der Waals surface area contributed by atoms with Crippen molar-refractivity contribution in [3.63, 3.8) is 0 Å². The number of benzene rings is 1. The van der Waals surface area contributed by atoms with Crippen molar-refractivity contribution >= 4 is 26.8 Å². The SMILES string of the molecule is C[C@@H]1CCCc2cc3c(cnn3C3CCCCO3)c(Br)c21. The molecule has 112 valence electrons. The summed E-state index contributed by atoms with van der Waals surface area (Å²) >= 11 is 3.85. The number of aryl methyl sites for hydroxylation is 1. The van der Waals surface area contributed by atoms with Gasteiger partial charge in [-0.05, 0) is 77.6 Å². The lowest BCUT2D eigenvalue weighted by Gasteiger charge is -2.26. The van der Waals surface area contributed by atoms with Gasteiger partial charge >= 0.3 is 0 Å². The van der Waals surface area contributed by atoms with Gasteiger partial charge in [0, 0.05) is 16.5 Å². The van der Waals surface area contributed by atoms with Crippen molar-refractivity contribution < 1.29 is 4.74 Å². The molecule has 1 fully saturated rings. The van der Waals surface area contributed by atoms with Crippen molar-refractivity contribution in [1.29, 1.82) is 0 Å². The average molecular weight is 349 g/mol. The van der Waals surface area contributed by atoms with Gasteiger partial charge in [-0.2, -0.15) is 5.10 Å². The van der Waals surface area contributed by atoms with Crippen LogP contribution in [-0.2, 0) is 11.2 Å². The molecule has 0 amide bonds. The summed E-state index contributed by atoms with van der Waals surface area (Å²) in [5, 5.41) is 5.87. The molecule has 0 bridgehead atoms. The molecule has 0 N–H and O–H groups in total. The summed E-state index contributed by atoms with van der Waals surface area (Å²) < 4.78 is 9.27. The fraction of sp³-hybridized carbons (Fsp3) is 0.588. The second kappa shape index (κ2) is 5.40. The molecular formula is C17H21BrN2O. The molecule has 21 heavy (non-hydrogen) atoms. The van der Waals surface area contributed by atoms with E-state index in [1.165, 1.54) is 58.6 Å². The summed E-state index contributed by atoms with van der Waals surface area (Å²) in [6.07, 6.45) is 9.35. The fourth-order valence-electron chi connectivity index (χ4n) is 3.84. The predicted molar refractivity (Wildman–Crippen MR) is 87.6 cm³/mol. The van der Waals surface area contributed by atoms with E-state index in [1.807, 2.05) is 6.20 Å². The molecule has 3 nitrogen and oxygen atoms in total.